The molecule has 0 fully saturated rings. The first-order valence-corrected chi connectivity index (χ1v) is 20.7. The Balaban J connectivity index is 0.000000208. The van der Waals surface area contributed by atoms with Crippen LogP contribution in [0.1, 0.15) is 98.6 Å². The Morgan fingerprint density at radius 1 is 0.611 bits per heavy atom. The Labute approximate surface area is 336 Å². The van der Waals surface area contributed by atoms with Gasteiger partial charge < -0.3 is 19.8 Å². The molecular formula is C44H52Br2N6O2. The number of hydrogen-bond acceptors (Lipinski definition) is 4. The molecule has 2 amide bonds. The first-order chi connectivity index (χ1) is 26.2. The number of amides is 2. The molecule has 0 bridgehead atoms. The number of nitrogens with one attached hydrogen (secondary N) is 2. The van der Waals surface area contributed by atoms with Crippen LogP contribution in [-0.2, 0) is 13.1 Å². The normalized spacial score (nSPS) is 12.3. The number of carbonyl (C=O) groups excluding carboxylic acids is 2. The van der Waals surface area contributed by atoms with Gasteiger partial charge in [-0.25, -0.2) is 9.97 Å². The molecule has 6 rings (SSSR count). The molecule has 0 radical (unpaired) electrons. The van der Waals surface area contributed by atoms with Crippen molar-refractivity contribution in [2.45, 2.75) is 79.3 Å². The van der Waals surface area contributed by atoms with Crippen LogP contribution in [0.4, 0.5) is 0 Å². The predicted octanol–water partition coefficient (Wildman–Crippen LogP) is 10.8. The maximum absolute atomic E-state index is 12.9. The lowest BCUT2D eigenvalue weighted by atomic mass is 10.0. The smallest absolute Gasteiger partial charge is 0.287 e. The molecule has 2 N–H and O–H groups in total. The number of unbranched alkanes of at least 4 members (excludes halogenated alkanes) is 2. The van der Waals surface area contributed by atoms with Crippen molar-refractivity contribution >= 4 is 65.7 Å². The first kappa shape index (κ1) is 40.9. The number of imidazole rings is 2. The lowest BCUT2D eigenvalue weighted by Gasteiger charge is -2.13. The fourth-order valence-corrected chi connectivity index (χ4v) is 7.10. The molecule has 10 heteroatoms. The molecule has 2 aromatic heterocycles. The molecule has 0 unspecified atom stereocenters. The van der Waals surface area contributed by atoms with Gasteiger partial charge >= 0.3 is 0 Å². The fraction of sp³-hybridized carbons (Fsp3) is 0.364. The van der Waals surface area contributed by atoms with Gasteiger partial charge in [-0.1, -0.05) is 146 Å². The average molecular weight is 857 g/mol. The Bertz CT molecular complexity index is 2080. The van der Waals surface area contributed by atoms with Crippen molar-refractivity contribution in [1.82, 2.24) is 29.7 Å². The van der Waals surface area contributed by atoms with E-state index >= 15 is 0 Å². The Kier molecular flexibility index (Phi) is 15.5. The van der Waals surface area contributed by atoms with Crippen LogP contribution in [-0.4, -0.2) is 44.0 Å². The zero-order chi connectivity index (χ0) is 38.5. The van der Waals surface area contributed by atoms with E-state index in [1.54, 1.807) is 0 Å². The molecule has 284 valence electrons. The highest BCUT2D eigenvalue weighted by Crippen LogP contribution is 2.24. The van der Waals surface area contributed by atoms with Crippen LogP contribution in [0.2, 0.25) is 0 Å². The number of rotatable bonds is 16. The molecule has 8 nitrogen and oxygen atoms in total. The van der Waals surface area contributed by atoms with Crippen molar-refractivity contribution in [3.63, 3.8) is 0 Å². The summed E-state index contributed by atoms with van der Waals surface area (Å²) in [6.07, 6.45) is 7.00. The summed E-state index contributed by atoms with van der Waals surface area (Å²) in [5, 5.41) is 6.15. The third-order valence-corrected chi connectivity index (χ3v) is 10.5. The highest BCUT2D eigenvalue weighted by molar-refractivity contribution is 9.10. The van der Waals surface area contributed by atoms with E-state index < -0.39 is 0 Å². The van der Waals surface area contributed by atoms with Crippen LogP contribution in [0.15, 0.2) is 106 Å². The van der Waals surface area contributed by atoms with Crippen LogP contribution >= 0.6 is 31.9 Å². The molecule has 6 aromatic rings. The van der Waals surface area contributed by atoms with Crippen LogP contribution in [0.5, 0.6) is 0 Å². The van der Waals surface area contributed by atoms with E-state index in [4.69, 9.17) is 0 Å². The number of hydrogen-bond donors (Lipinski definition) is 2. The van der Waals surface area contributed by atoms with Crippen LogP contribution < -0.4 is 10.6 Å². The molecule has 54 heavy (non-hydrogen) atoms. The van der Waals surface area contributed by atoms with Crippen LogP contribution in [0.3, 0.4) is 0 Å². The molecular weight excluding hydrogens is 804 g/mol. The van der Waals surface area contributed by atoms with Gasteiger partial charge in [-0.05, 0) is 72.2 Å². The molecule has 0 aliphatic heterocycles. The quantitative estimate of drug-likeness (QED) is 0.101. The maximum Gasteiger partial charge on any atom is 0.287 e. The Morgan fingerprint density at radius 2 is 1.07 bits per heavy atom. The zero-order valence-electron chi connectivity index (χ0n) is 31.8. The molecule has 0 saturated heterocycles. The van der Waals surface area contributed by atoms with Crippen molar-refractivity contribution in [2.75, 3.05) is 13.1 Å². The molecule has 4 aromatic carbocycles. The van der Waals surface area contributed by atoms with E-state index in [1.807, 2.05) is 81.9 Å². The predicted molar refractivity (Wildman–Crippen MR) is 228 cm³/mol. The van der Waals surface area contributed by atoms with Crippen molar-refractivity contribution < 1.29 is 9.59 Å². The number of aromatic nitrogens is 4. The third-order valence-electron chi connectivity index (χ3n) is 9.52. The maximum atomic E-state index is 12.9. The number of nitrogens with zero attached hydrogens (tertiary/aromatic N) is 4. The summed E-state index contributed by atoms with van der Waals surface area (Å²) in [5.41, 5.74) is 5.86. The molecule has 0 spiro atoms. The minimum atomic E-state index is -0.110. The highest BCUT2D eigenvalue weighted by Gasteiger charge is 2.20. The van der Waals surface area contributed by atoms with Gasteiger partial charge in [0.1, 0.15) is 0 Å². The second-order valence-corrected chi connectivity index (χ2v) is 16.0. The zero-order valence-corrected chi connectivity index (χ0v) is 35.0. The lowest BCUT2D eigenvalue weighted by Crippen LogP contribution is -2.30. The molecule has 0 aliphatic carbocycles. The molecule has 2 heterocycles. The van der Waals surface area contributed by atoms with Crippen LogP contribution in [0.25, 0.3) is 22.1 Å². The largest absolute Gasteiger partial charge is 0.349 e. The summed E-state index contributed by atoms with van der Waals surface area (Å²) in [5.74, 6) is 1.65. The minimum Gasteiger partial charge on any atom is -0.349 e. The van der Waals surface area contributed by atoms with E-state index in [1.165, 1.54) is 25.7 Å². The number of benzene rings is 4. The third kappa shape index (κ3) is 11.4. The summed E-state index contributed by atoms with van der Waals surface area (Å²) < 4.78 is 5.94. The standard InChI is InChI=1S/2C22H26BrN3O/c1-3-4-8-16(2)14-24-22(27)21-25-19-13-18(23)11-12-20(19)26(21)15-17-9-6-5-7-10-17;1-3-4-8-16(2)14-24-22(27)21-25-19-12-11-18(23)13-20(19)26(21)15-17-9-6-5-7-10-17/h2*5-7,9-13,16H,3-4,8,14-15H2,1-2H3,(H,24,27)/t2*16-/m00/s1. The Morgan fingerprint density at radius 3 is 1.59 bits per heavy atom. The summed E-state index contributed by atoms with van der Waals surface area (Å²) in [4.78, 5) is 35.0. The highest BCUT2D eigenvalue weighted by atomic mass is 79.9. The number of fused-ring (bicyclic) bond motifs is 2. The summed E-state index contributed by atoms with van der Waals surface area (Å²) in [7, 11) is 0. The van der Waals surface area contributed by atoms with Gasteiger partial charge in [0.05, 0.1) is 22.1 Å². The van der Waals surface area contributed by atoms with Gasteiger partial charge in [0.25, 0.3) is 11.8 Å². The molecule has 2 atom stereocenters. The number of halogens is 2. The SMILES string of the molecule is CCCC[C@H](C)CNC(=O)c1nc2cc(Br)ccc2n1Cc1ccccc1.CCCC[C@H](C)CNC(=O)c1nc2ccc(Br)cc2n1Cc1ccccc1. The van der Waals surface area contributed by atoms with Gasteiger partial charge in [0.15, 0.2) is 11.6 Å². The van der Waals surface area contributed by atoms with Crippen molar-refractivity contribution in [2.24, 2.45) is 11.8 Å². The van der Waals surface area contributed by atoms with Gasteiger partial charge in [0, 0.05) is 35.1 Å². The van der Waals surface area contributed by atoms with E-state index in [0.29, 0.717) is 49.7 Å². The summed E-state index contributed by atoms with van der Waals surface area (Å²) in [6, 6.07) is 32.2. The molecule has 0 aliphatic rings. The van der Waals surface area contributed by atoms with Gasteiger partial charge in [-0.3, -0.25) is 9.59 Å². The van der Waals surface area contributed by atoms with Crippen molar-refractivity contribution in [3.05, 3.63) is 129 Å². The second-order valence-electron chi connectivity index (χ2n) is 14.2. The Hall–Kier alpha value is -4.28. The monoisotopic (exact) mass is 854 g/mol. The topological polar surface area (TPSA) is 93.8 Å². The summed E-state index contributed by atoms with van der Waals surface area (Å²) in [6.45, 7) is 11.3. The second kappa shape index (κ2) is 20.4. The van der Waals surface area contributed by atoms with Gasteiger partial charge in [-0.2, -0.15) is 0 Å². The van der Waals surface area contributed by atoms with Gasteiger partial charge in [0.2, 0.25) is 0 Å². The summed E-state index contributed by atoms with van der Waals surface area (Å²) >= 11 is 7.02. The lowest BCUT2D eigenvalue weighted by molar-refractivity contribution is 0.0926. The van der Waals surface area contributed by atoms with Gasteiger partial charge in [-0.15, -0.1) is 0 Å². The molecule has 0 saturated carbocycles. The van der Waals surface area contributed by atoms with Crippen molar-refractivity contribution in [1.29, 1.82) is 0 Å². The average Bonchev–Trinajstić information content (AvgIpc) is 3.72. The first-order valence-electron chi connectivity index (χ1n) is 19.1. The van der Waals surface area contributed by atoms with E-state index in [-0.39, 0.29) is 11.8 Å². The fourth-order valence-electron chi connectivity index (χ4n) is 6.40. The van der Waals surface area contributed by atoms with Crippen molar-refractivity contribution in [3.8, 4) is 0 Å². The minimum absolute atomic E-state index is 0.110. The van der Waals surface area contributed by atoms with Crippen LogP contribution in [0, 0.1) is 11.8 Å². The number of carbonyl (C=O) groups is 2. The van der Waals surface area contributed by atoms with E-state index in [0.717, 1.165) is 55.0 Å². The van der Waals surface area contributed by atoms with E-state index in [9.17, 15) is 9.59 Å². The van der Waals surface area contributed by atoms with E-state index in [2.05, 4.69) is 104 Å².